The van der Waals surface area contributed by atoms with Crippen molar-refractivity contribution in [2.24, 2.45) is 4.99 Å². The van der Waals surface area contributed by atoms with Crippen LogP contribution in [0.3, 0.4) is 0 Å². The number of benzene rings is 1. The Morgan fingerprint density at radius 3 is 2.15 bits per heavy atom. The van der Waals surface area contributed by atoms with Gasteiger partial charge in [0.15, 0.2) is 0 Å². The molecule has 0 saturated heterocycles. The first-order valence-electron chi connectivity index (χ1n) is 6.94. The van der Waals surface area contributed by atoms with Gasteiger partial charge in [-0.2, -0.15) is 0 Å². The van der Waals surface area contributed by atoms with E-state index in [1.165, 1.54) is 0 Å². The maximum Gasteiger partial charge on any atom is 0.0662 e. The van der Waals surface area contributed by atoms with Crippen LogP contribution in [0.4, 0.5) is 0 Å². The summed E-state index contributed by atoms with van der Waals surface area (Å²) in [5.41, 5.74) is 3.11. The highest BCUT2D eigenvalue weighted by atomic mass is 79.9. The lowest BCUT2D eigenvalue weighted by molar-refractivity contribution is 1.46. The van der Waals surface area contributed by atoms with Gasteiger partial charge in [0.2, 0.25) is 0 Å². The Balaban J connectivity index is 0.00000172. The van der Waals surface area contributed by atoms with Crippen LogP contribution in [0.5, 0.6) is 0 Å². The maximum absolute atomic E-state index is 4.61. The zero-order chi connectivity index (χ0) is 15.4. The van der Waals surface area contributed by atoms with Crippen molar-refractivity contribution in [3.05, 3.63) is 64.7 Å². The molecule has 1 aromatic rings. The molecule has 0 aromatic heterocycles. The van der Waals surface area contributed by atoms with Gasteiger partial charge in [0.05, 0.1) is 5.70 Å². The largest absolute Gasteiger partial charge is 0.253 e. The van der Waals surface area contributed by atoms with Crippen LogP contribution in [0.15, 0.2) is 64.1 Å². The van der Waals surface area contributed by atoms with Crippen molar-refractivity contribution in [2.45, 2.75) is 34.6 Å². The van der Waals surface area contributed by atoms with E-state index in [4.69, 9.17) is 0 Å². The number of allylic oxidation sites excluding steroid dienone is 5. The first-order valence-corrected chi connectivity index (χ1v) is 7.73. The van der Waals surface area contributed by atoms with E-state index < -0.39 is 0 Å². The fourth-order valence-electron chi connectivity index (χ4n) is 1.45. The van der Waals surface area contributed by atoms with Crippen LogP contribution >= 0.6 is 15.9 Å². The smallest absolute Gasteiger partial charge is 0.0662 e. The average Bonchev–Trinajstić information content (AvgIpc) is 2.48. The molecular formula is C18H24BrN. The summed E-state index contributed by atoms with van der Waals surface area (Å²) in [6.45, 7) is 10.0. The number of nitrogens with zero attached hydrogens (tertiary/aromatic N) is 1. The van der Waals surface area contributed by atoms with E-state index in [0.29, 0.717) is 0 Å². The van der Waals surface area contributed by atoms with Gasteiger partial charge >= 0.3 is 0 Å². The molecule has 0 fully saturated rings. The van der Waals surface area contributed by atoms with Gasteiger partial charge in [0.25, 0.3) is 0 Å². The van der Waals surface area contributed by atoms with Crippen molar-refractivity contribution in [2.75, 3.05) is 0 Å². The molecular weight excluding hydrogens is 310 g/mol. The lowest BCUT2D eigenvalue weighted by Crippen LogP contribution is -1.88. The van der Waals surface area contributed by atoms with Crippen LogP contribution in [-0.2, 0) is 0 Å². The first-order chi connectivity index (χ1) is 9.67. The van der Waals surface area contributed by atoms with E-state index >= 15 is 0 Å². The summed E-state index contributed by atoms with van der Waals surface area (Å²) in [6.07, 6.45) is 10.0. The van der Waals surface area contributed by atoms with Crippen LogP contribution in [0.2, 0.25) is 0 Å². The molecule has 0 amide bonds. The highest BCUT2D eigenvalue weighted by Crippen LogP contribution is 2.19. The van der Waals surface area contributed by atoms with Crippen LogP contribution < -0.4 is 0 Å². The molecule has 1 aromatic carbocycles. The molecule has 0 saturated carbocycles. The van der Waals surface area contributed by atoms with Gasteiger partial charge in [0.1, 0.15) is 0 Å². The van der Waals surface area contributed by atoms with Crippen molar-refractivity contribution in [3.8, 4) is 0 Å². The summed E-state index contributed by atoms with van der Waals surface area (Å²) >= 11 is 3.44. The van der Waals surface area contributed by atoms with Crippen molar-refractivity contribution in [1.82, 2.24) is 0 Å². The van der Waals surface area contributed by atoms with Crippen LogP contribution in [0.1, 0.15) is 40.2 Å². The zero-order valence-corrected chi connectivity index (χ0v) is 14.6. The van der Waals surface area contributed by atoms with Gasteiger partial charge in [-0.05, 0) is 44.5 Å². The van der Waals surface area contributed by atoms with Crippen LogP contribution in [0, 0.1) is 0 Å². The minimum Gasteiger partial charge on any atom is -0.253 e. The lowest BCUT2D eigenvalue weighted by Gasteiger charge is -2.03. The Morgan fingerprint density at radius 2 is 1.65 bits per heavy atom. The minimum atomic E-state index is 0.990. The number of halogens is 1. The second-order valence-electron chi connectivity index (χ2n) is 3.82. The summed E-state index contributed by atoms with van der Waals surface area (Å²) in [7, 11) is 0. The van der Waals surface area contributed by atoms with Crippen molar-refractivity contribution in [1.29, 1.82) is 0 Å². The molecule has 0 aliphatic heterocycles. The quantitative estimate of drug-likeness (QED) is 0.444. The van der Waals surface area contributed by atoms with Crippen molar-refractivity contribution >= 4 is 27.3 Å². The fraction of sp³-hybridized carbons (Fsp3) is 0.278. The Kier molecular flexibility index (Phi) is 10.6. The molecule has 0 bridgehead atoms. The molecule has 108 valence electrons. The van der Waals surface area contributed by atoms with Crippen LogP contribution in [-0.4, -0.2) is 5.71 Å². The number of hydrogen-bond donors (Lipinski definition) is 0. The van der Waals surface area contributed by atoms with Gasteiger partial charge < -0.3 is 0 Å². The van der Waals surface area contributed by atoms with Crippen LogP contribution in [0.25, 0.3) is 5.70 Å². The topological polar surface area (TPSA) is 12.4 Å². The Labute approximate surface area is 132 Å². The highest BCUT2D eigenvalue weighted by molar-refractivity contribution is 9.10. The molecule has 1 nitrogen and oxygen atoms in total. The monoisotopic (exact) mass is 333 g/mol. The van der Waals surface area contributed by atoms with E-state index in [1.807, 2.05) is 77.1 Å². The summed E-state index contributed by atoms with van der Waals surface area (Å²) in [6, 6.07) is 8.18. The van der Waals surface area contributed by atoms with Gasteiger partial charge in [0, 0.05) is 10.2 Å². The number of aliphatic imine (C=N–C) groups is 1. The Hall–Kier alpha value is -1.41. The lowest BCUT2D eigenvalue weighted by atomic mass is 10.1. The third kappa shape index (κ3) is 7.25. The number of rotatable bonds is 4. The van der Waals surface area contributed by atoms with E-state index in [1.54, 1.807) is 0 Å². The molecule has 0 N–H and O–H groups in total. The Bertz CT molecular complexity index is 491. The van der Waals surface area contributed by atoms with Gasteiger partial charge in [-0.25, -0.2) is 0 Å². The molecule has 0 heterocycles. The average molecular weight is 334 g/mol. The van der Waals surface area contributed by atoms with Crippen molar-refractivity contribution in [3.63, 3.8) is 0 Å². The maximum atomic E-state index is 4.61. The predicted octanol–water partition coefficient (Wildman–Crippen LogP) is 6.43. The molecule has 20 heavy (non-hydrogen) atoms. The van der Waals surface area contributed by atoms with Gasteiger partial charge in [-0.3, -0.25) is 4.99 Å². The summed E-state index contributed by atoms with van der Waals surface area (Å²) in [5, 5.41) is 0. The second-order valence-corrected chi connectivity index (χ2v) is 4.73. The summed E-state index contributed by atoms with van der Waals surface area (Å²) in [5.74, 6) is 0. The molecule has 0 atom stereocenters. The molecule has 2 heteroatoms. The molecule has 0 unspecified atom stereocenters. The third-order valence-corrected chi connectivity index (χ3v) is 2.88. The molecule has 0 aliphatic carbocycles. The predicted molar refractivity (Wildman–Crippen MR) is 96.2 cm³/mol. The van der Waals surface area contributed by atoms with E-state index in [0.717, 1.165) is 21.4 Å². The molecule has 0 radical (unpaired) electrons. The standard InChI is InChI=1S/C16H18BrN.C2H6/c1-4-6-7-8-13(3)18-16(5-2)14-9-11-15(17)12-10-14;1-2/h4-12H,1-3H3;1-2H3/b6-4-,8-7-,16-5-,18-13+;. The molecule has 1 rings (SSSR count). The fourth-order valence-corrected chi connectivity index (χ4v) is 1.71. The summed E-state index contributed by atoms with van der Waals surface area (Å²) < 4.78 is 1.08. The Morgan fingerprint density at radius 1 is 1.05 bits per heavy atom. The van der Waals surface area contributed by atoms with Crippen molar-refractivity contribution < 1.29 is 0 Å². The van der Waals surface area contributed by atoms with E-state index in [-0.39, 0.29) is 0 Å². The number of hydrogen-bond acceptors (Lipinski definition) is 1. The zero-order valence-electron chi connectivity index (χ0n) is 13.0. The highest BCUT2D eigenvalue weighted by Gasteiger charge is 1.98. The SMILES string of the molecule is CC.C\C=C/C=C\C(C)=N\C(=C/C)c1ccc(Br)cc1. The minimum absolute atomic E-state index is 0.990. The first kappa shape index (κ1) is 18.6. The summed E-state index contributed by atoms with van der Waals surface area (Å²) in [4.78, 5) is 4.61. The third-order valence-electron chi connectivity index (χ3n) is 2.35. The normalized spacial score (nSPS) is 12.7. The molecule has 0 aliphatic rings. The molecule has 0 spiro atoms. The van der Waals surface area contributed by atoms with E-state index in [2.05, 4.69) is 33.1 Å². The van der Waals surface area contributed by atoms with Gasteiger partial charge in [-0.15, -0.1) is 0 Å². The van der Waals surface area contributed by atoms with E-state index in [9.17, 15) is 0 Å². The second kappa shape index (κ2) is 11.4. The van der Waals surface area contributed by atoms with Gasteiger partial charge in [-0.1, -0.05) is 66.2 Å².